The lowest BCUT2D eigenvalue weighted by Crippen LogP contribution is -2.28. The van der Waals surface area contributed by atoms with Gasteiger partial charge in [-0.2, -0.15) is 5.26 Å². The summed E-state index contributed by atoms with van der Waals surface area (Å²) in [6.45, 7) is -0.263. The number of carbonyl (C=O) groups is 2. The molecule has 3 rings (SSSR count). The number of para-hydroxylation sites is 1. The molecule has 0 saturated heterocycles. The summed E-state index contributed by atoms with van der Waals surface area (Å²) in [7, 11) is 1.46. The van der Waals surface area contributed by atoms with E-state index >= 15 is 0 Å². The number of nitrogens with one attached hydrogen (secondary N) is 2. The molecule has 0 bridgehead atoms. The van der Waals surface area contributed by atoms with E-state index in [1.807, 2.05) is 6.07 Å². The molecule has 2 aromatic carbocycles. The Kier molecular flexibility index (Phi) is 5.57. The minimum Gasteiger partial charge on any atom is -0.493 e. The summed E-state index contributed by atoms with van der Waals surface area (Å²) in [5.74, 6) is 0.105. The van der Waals surface area contributed by atoms with Crippen LogP contribution >= 0.6 is 0 Å². The molecule has 0 unspecified atom stereocenters. The highest BCUT2D eigenvalue weighted by Gasteiger charge is 2.25. The van der Waals surface area contributed by atoms with Crippen LogP contribution in [0.3, 0.4) is 0 Å². The molecule has 1 fully saturated rings. The van der Waals surface area contributed by atoms with Gasteiger partial charge < -0.3 is 20.1 Å². The van der Waals surface area contributed by atoms with Gasteiger partial charge >= 0.3 is 0 Å². The average Bonchev–Trinajstić information content (AvgIpc) is 3.50. The first kappa shape index (κ1) is 18.3. The molecule has 2 N–H and O–H groups in total. The number of amides is 2. The summed E-state index contributed by atoms with van der Waals surface area (Å²) in [5, 5.41) is 14.5. The second-order valence-electron chi connectivity index (χ2n) is 6.11. The smallest absolute Gasteiger partial charge is 0.262 e. The normalized spacial score (nSPS) is 12.6. The number of hydrogen-bond donors (Lipinski definition) is 2. The quantitative estimate of drug-likeness (QED) is 0.785. The first-order chi connectivity index (χ1) is 13.1. The molecule has 0 atom stereocenters. The van der Waals surface area contributed by atoms with E-state index in [0.717, 1.165) is 12.8 Å². The number of methoxy groups -OCH3 is 1. The summed E-state index contributed by atoms with van der Waals surface area (Å²) in [6.07, 6.45) is 1.97. The lowest BCUT2D eigenvalue weighted by atomic mass is 10.1. The molecule has 0 aromatic heterocycles. The van der Waals surface area contributed by atoms with Crippen LogP contribution in [0.4, 0.5) is 5.69 Å². The van der Waals surface area contributed by atoms with Gasteiger partial charge in [0.05, 0.1) is 30.0 Å². The van der Waals surface area contributed by atoms with Crippen molar-refractivity contribution in [3.05, 3.63) is 53.6 Å². The summed E-state index contributed by atoms with van der Waals surface area (Å²) in [5.41, 5.74) is 1.27. The lowest BCUT2D eigenvalue weighted by Gasteiger charge is -2.13. The van der Waals surface area contributed by atoms with Crippen LogP contribution in [0, 0.1) is 11.3 Å². The summed E-state index contributed by atoms with van der Waals surface area (Å²) < 4.78 is 10.7. The van der Waals surface area contributed by atoms with Crippen LogP contribution in [0.15, 0.2) is 42.5 Å². The zero-order chi connectivity index (χ0) is 19.2. The van der Waals surface area contributed by atoms with E-state index in [9.17, 15) is 9.59 Å². The fourth-order valence-electron chi connectivity index (χ4n) is 2.47. The van der Waals surface area contributed by atoms with Gasteiger partial charge in [0.15, 0.2) is 18.1 Å². The molecule has 7 heteroatoms. The van der Waals surface area contributed by atoms with Crippen LogP contribution in [0.2, 0.25) is 0 Å². The van der Waals surface area contributed by atoms with E-state index in [2.05, 4.69) is 10.6 Å². The fourth-order valence-corrected chi connectivity index (χ4v) is 2.47. The van der Waals surface area contributed by atoms with Crippen LogP contribution in [0.25, 0.3) is 0 Å². The summed E-state index contributed by atoms with van der Waals surface area (Å²) in [4.78, 5) is 24.5. The Labute approximate surface area is 156 Å². The van der Waals surface area contributed by atoms with Crippen molar-refractivity contribution in [3.63, 3.8) is 0 Å². The van der Waals surface area contributed by atoms with Crippen molar-refractivity contribution in [3.8, 4) is 17.6 Å². The standard InChI is InChI=1S/C20H19N3O4/c1-26-18-10-13(11-21)6-9-17(18)27-12-19(24)23-16-5-3-2-4-15(16)20(25)22-14-7-8-14/h2-6,9-10,14H,7-8,12H2,1H3,(H,22,25)(H,23,24). The third-order valence-corrected chi connectivity index (χ3v) is 4.01. The number of hydrogen-bond acceptors (Lipinski definition) is 5. The van der Waals surface area contributed by atoms with Crippen LogP contribution in [-0.4, -0.2) is 31.6 Å². The minimum absolute atomic E-state index is 0.205. The highest BCUT2D eigenvalue weighted by Crippen LogP contribution is 2.28. The van der Waals surface area contributed by atoms with Crippen molar-refractivity contribution < 1.29 is 19.1 Å². The second kappa shape index (κ2) is 8.23. The van der Waals surface area contributed by atoms with Crippen LogP contribution < -0.4 is 20.1 Å². The lowest BCUT2D eigenvalue weighted by molar-refractivity contribution is -0.118. The monoisotopic (exact) mass is 365 g/mol. The maximum Gasteiger partial charge on any atom is 0.262 e. The Bertz CT molecular complexity index is 900. The zero-order valence-electron chi connectivity index (χ0n) is 14.8. The van der Waals surface area contributed by atoms with Crippen LogP contribution in [-0.2, 0) is 4.79 Å². The zero-order valence-corrected chi connectivity index (χ0v) is 14.8. The molecule has 0 aliphatic heterocycles. The van der Waals surface area contributed by atoms with E-state index in [4.69, 9.17) is 14.7 Å². The molecule has 1 aliphatic rings. The van der Waals surface area contributed by atoms with E-state index in [0.29, 0.717) is 28.3 Å². The first-order valence-electron chi connectivity index (χ1n) is 8.51. The highest BCUT2D eigenvalue weighted by molar-refractivity contribution is 6.04. The minimum atomic E-state index is -0.409. The molecule has 0 heterocycles. The van der Waals surface area contributed by atoms with Crippen molar-refractivity contribution >= 4 is 17.5 Å². The molecule has 1 saturated carbocycles. The van der Waals surface area contributed by atoms with E-state index in [1.54, 1.807) is 36.4 Å². The Hall–Kier alpha value is -3.53. The average molecular weight is 365 g/mol. The molecule has 2 aromatic rings. The van der Waals surface area contributed by atoms with Gasteiger partial charge in [0.25, 0.3) is 11.8 Å². The molecule has 1 aliphatic carbocycles. The summed E-state index contributed by atoms with van der Waals surface area (Å²) >= 11 is 0. The molecule has 0 radical (unpaired) electrons. The Balaban J connectivity index is 1.63. The molecule has 7 nitrogen and oxygen atoms in total. The first-order valence-corrected chi connectivity index (χ1v) is 8.51. The third kappa shape index (κ3) is 4.76. The van der Waals surface area contributed by atoms with Gasteiger partial charge in [-0.25, -0.2) is 0 Å². The number of rotatable bonds is 7. The molecule has 2 amide bonds. The van der Waals surface area contributed by atoms with Crippen LogP contribution in [0.1, 0.15) is 28.8 Å². The van der Waals surface area contributed by atoms with Gasteiger partial charge in [0.1, 0.15) is 0 Å². The Morgan fingerprint density at radius 1 is 1.19 bits per heavy atom. The van der Waals surface area contributed by atoms with Gasteiger partial charge in [-0.3, -0.25) is 9.59 Å². The number of nitrogens with zero attached hydrogens (tertiary/aromatic N) is 1. The van der Waals surface area contributed by atoms with Gasteiger partial charge in [0.2, 0.25) is 0 Å². The van der Waals surface area contributed by atoms with Crippen molar-refractivity contribution in [1.82, 2.24) is 5.32 Å². The molecule has 138 valence electrons. The maximum absolute atomic E-state index is 12.3. The Morgan fingerprint density at radius 2 is 1.96 bits per heavy atom. The van der Waals surface area contributed by atoms with Crippen molar-refractivity contribution in [2.24, 2.45) is 0 Å². The molecular formula is C20H19N3O4. The van der Waals surface area contributed by atoms with E-state index in [1.165, 1.54) is 13.2 Å². The fraction of sp³-hybridized carbons (Fsp3) is 0.250. The maximum atomic E-state index is 12.3. The van der Waals surface area contributed by atoms with Crippen molar-refractivity contribution in [2.75, 3.05) is 19.0 Å². The van der Waals surface area contributed by atoms with Crippen molar-refractivity contribution in [2.45, 2.75) is 18.9 Å². The van der Waals surface area contributed by atoms with Gasteiger partial charge in [-0.15, -0.1) is 0 Å². The van der Waals surface area contributed by atoms with E-state index in [-0.39, 0.29) is 18.6 Å². The molecule has 0 spiro atoms. The largest absolute Gasteiger partial charge is 0.493 e. The van der Waals surface area contributed by atoms with Gasteiger partial charge in [-0.05, 0) is 37.1 Å². The number of ether oxygens (including phenoxy) is 2. The SMILES string of the molecule is COc1cc(C#N)ccc1OCC(=O)Nc1ccccc1C(=O)NC1CC1. The molecular weight excluding hydrogens is 346 g/mol. The predicted octanol–water partition coefficient (Wildman–Crippen LogP) is 2.48. The van der Waals surface area contributed by atoms with Gasteiger partial charge in [-0.1, -0.05) is 12.1 Å². The van der Waals surface area contributed by atoms with Crippen LogP contribution in [0.5, 0.6) is 11.5 Å². The summed E-state index contributed by atoms with van der Waals surface area (Å²) in [6, 6.07) is 13.7. The molecule has 27 heavy (non-hydrogen) atoms. The van der Waals surface area contributed by atoms with Crippen molar-refractivity contribution in [1.29, 1.82) is 5.26 Å². The Morgan fingerprint density at radius 3 is 2.67 bits per heavy atom. The second-order valence-corrected chi connectivity index (χ2v) is 6.11. The van der Waals surface area contributed by atoms with Gasteiger partial charge in [0, 0.05) is 12.1 Å². The predicted molar refractivity (Wildman–Crippen MR) is 98.8 cm³/mol. The topological polar surface area (TPSA) is 100 Å². The number of carbonyl (C=O) groups excluding carboxylic acids is 2. The highest BCUT2D eigenvalue weighted by atomic mass is 16.5. The number of benzene rings is 2. The van der Waals surface area contributed by atoms with E-state index < -0.39 is 5.91 Å². The number of anilines is 1. The number of nitriles is 1. The third-order valence-electron chi connectivity index (χ3n) is 4.01.